The Morgan fingerprint density at radius 1 is 1.20 bits per heavy atom. The summed E-state index contributed by atoms with van der Waals surface area (Å²) in [7, 11) is 0. The van der Waals surface area contributed by atoms with Gasteiger partial charge >= 0.3 is 12.0 Å². The molecule has 3 N–H and O–H groups in total. The Morgan fingerprint density at radius 2 is 1.85 bits per heavy atom. The van der Waals surface area contributed by atoms with Crippen LogP contribution in [0.5, 0.6) is 0 Å². The maximum Gasteiger partial charge on any atom is 0.315 e. The van der Waals surface area contributed by atoms with Gasteiger partial charge in [0.05, 0.1) is 6.42 Å². The van der Waals surface area contributed by atoms with Gasteiger partial charge in [-0.25, -0.2) is 4.79 Å². The maximum absolute atomic E-state index is 11.8. The van der Waals surface area contributed by atoms with Crippen LogP contribution in [-0.2, 0) is 17.8 Å². The highest BCUT2D eigenvalue weighted by Gasteiger charge is 2.13. The summed E-state index contributed by atoms with van der Waals surface area (Å²) in [4.78, 5) is 22.4. The third-order valence-corrected chi connectivity index (χ3v) is 3.19. The molecule has 0 radical (unpaired) electrons. The van der Waals surface area contributed by atoms with Crippen molar-refractivity contribution in [3.8, 4) is 0 Å². The van der Waals surface area contributed by atoms with Gasteiger partial charge in [-0.1, -0.05) is 38.1 Å². The molecule has 20 heavy (non-hydrogen) atoms. The average Bonchev–Trinajstić information content (AvgIpc) is 2.44. The standard InChI is InChI=1S/C15H22N2O3/c1-3-11-7-5-6-8-12(11)10-16-15(20)17-13(4-2)9-14(18)19/h5-8,13H,3-4,9-10H2,1-2H3,(H,18,19)(H2,16,17,20). The van der Waals surface area contributed by atoms with Crippen molar-refractivity contribution in [2.24, 2.45) is 0 Å². The van der Waals surface area contributed by atoms with Gasteiger partial charge in [-0.15, -0.1) is 0 Å². The van der Waals surface area contributed by atoms with Gasteiger partial charge in [-0.2, -0.15) is 0 Å². The lowest BCUT2D eigenvalue weighted by Crippen LogP contribution is -2.42. The van der Waals surface area contributed by atoms with Crippen LogP contribution in [-0.4, -0.2) is 23.1 Å². The van der Waals surface area contributed by atoms with Gasteiger partial charge < -0.3 is 15.7 Å². The van der Waals surface area contributed by atoms with Crippen LogP contribution in [0.15, 0.2) is 24.3 Å². The predicted molar refractivity (Wildman–Crippen MR) is 77.5 cm³/mol. The van der Waals surface area contributed by atoms with E-state index in [0.717, 1.165) is 12.0 Å². The van der Waals surface area contributed by atoms with Crippen molar-refractivity contribution in [1.82, 2.24) is 10.6 Å². The van der Waals surface area contributed by atoms with Crippen LogP contribution in [0.3, 0.4) is 0 Å². The Bertz CT molecular complexity index is 460. The van der Waals surface area contributed by atoms with E-state index in [1.807, 2.05) is 31.2 Å². The molecule has 1 atom stereocenters. The van der Waals surface area contributed by atoms with Crippen molar-refractivity contribution in [1.29, 1.82) is 0 Å². The van der Waals surface area contributed by atoms with Crippen molar-refractivity contribution in [2.75, 3.05) is 0 Å². The van der Waals surface area contributed by atoms with E-state index in [4.69, 9.17) is 5.11 Å². The van der Waals surface area contributed by atoms with E-state index in [1.165, 1.54) is 5.56 Å². The number of carbonyl (C=O) groups is 2. The van der Waals surface area contributed by atoms with Gasteiger partial charge in [-0.3, -0.25) is 4.79 Å². The fourth-order valence-electron chi connectivity index (χ4n) is 2.00. The van der Waals surface area contributed by atoms with Crippen molar-refractivity contribution < 1.29 is 14.7 Å². The molecule has 0 aliphatic carbocycles. The minimum atomic E-state index is -0.909. The fraction of sp³-hybridized carbons (Fsp3) is 0.467. The summed E-state index contributed by atoms with van der Waals surface area (Å²) in [6.45, 7) is 4.36. The minimum absolute atomic E-state index is 0.0601. The molecule has 5 heteroatoms. The number of hydrogen-bond acceptors (Lipinski definition) is 2. The molecule has 0 bridgehead atoms. The lowest BCUT2D eigenvalue weighted by molar-refractivity contribution is -0.137. The second-order valence-corrected chi connectivity index (χ2v) is 4.65. The number of urea groups is 1. The molecule has 0 aliphatic heterocycles. The zero-order valence-corrected chi connectivity index (χ0v) is 12.0. The zero-order valence-electron chi connectivity index (χ0n) is 12.0. The Kier molecular flexibility index (Phi) is 6.56. The lowest BCUT2D eigenvalue weighted by Gasteiger charge is -2.16. The summed E-state index contributed by atoms with van der Waals surface area (Å²) in [5.74, 6) is -0.909. The number of aliphatic carboxylic acids is 1. The van der Waals surface area contributed by atoms with Gasteiger partial charge in [0.25, 0.3) is 0 Å². The number of aryl methyl sites for hydroxylation is 1. The summed E-state index contributed by atoms with van der Waals surface area (Å²) in [6, 6.07) is 7.26. The van der Waals surface area contributed by atoms with E-state index in [2.05, 4.69) is 17.6 Å². The van der Waals surface area contributed by atoms with Crippen LogP contribution >= 0.6 is 0 Å². The molecule has 1 unspecified atom stereocenters. The molecule has 0 spiro atoms. The summed E-state index contributed by atoms with van der Waals surface area (Å²) in [5.41, 5.74) is 2.28. The quantitative estimate of drug-likeness (QED) is 0.716. The van der Waals surface area contributed by atoms with Crippen LogP contribution in [0.1, 0.15) is 37.8 Å². The van der Waals surface area contributed by atoms with Crippen LogP contribution < -0.4 is 10.6 Å². The molecule has 1 aromatic rings. The van der Waals surface area contributed by atoms with Crippen molar-refractivity contribution in [2.45, 2.75) is 45.7 Å². The molecule has 0 aromatic heterocycles. The van der Waals surface area contributed by atoms with Gasteiger partial charge in [-0.05, 0) is 24.0 Å². The molecule has 0 saturated carbocycles. The molecule has 0 saturated heterocycles. The molecule has 0 fully saturated rings. The molecule has 0 heterocycles. The average molecular weight is 278 g/mol. The topological polar surface area (TPSA) is 78.4 Å². The van der Waals surface area contributed by atoms with Crippen LogP contribution in [0.25, 0.3) is 0 Å². The Labute approximate surface area is 119 Å². The Balaban J connectivity index is 2.48. The highest BCUT2D eigenvalue weighted by molar-refractivity contribution is 5.75. The molecule has 110 valence electrons. The monoisotopic (exact) mass is 278 g/mol. The number of amides is 2. The first-order valence-corrected chi connectivity index (χ1v) is 6.89. The number of benzene rings is 1. The predicted octanol–water partition coefficient (Wildman–Crippen LogP) is 2.30. The minimum Gasteiger partial charge on any atom is -0.481 e. The van der Waals surface area contributed by atoms with E-state index in [1.54, 1.807) is 0 Å². The highest BCUT2D eigenvalue weighted by Crippen LogP contribution is 2.08. The van der Waals surface area contributed by atoms with Gasteiger partial charge in [0.1, 0.15) is 0 Å². The highest BCUT2D eigenvalue weighted by atomic mass is 16.4. The summed E-state index contributed by atoms with van der Waals surface area (Å²) in [6.07, 6.45) is 1.44. The van der Waals surface area contributed by atoms with Crippen molar-refractivity contribution in [3.05, 3.63) is 35.4 Å². The smallest absolute Gasteiger partial charge is 0.315 e. The van der Waals surface area contributed by atoms with Gasteiger partial charge in [0.2, 0.25) is 0 Å². The number of carboxylic acid groups (broad SMARTS) is 1. The lowest BCUT2D eigenvalue weighted by atomic mass is 10.1. The van der Waals surface area contributed by atoms with Gasteiger partial charge in [0.15, 0.2) is 0 Å². The normalized spacial score (nSPS) is 11.7. The fourth-order valence-corrected chi connectivity index (χ4v) is 2.00. The van der Waals surface area contributed by atoms with Crippen LogP contribution in [0.4, 0.5) is 4.79 Å². The van der Waals surface area contributed by atoms with E-state index >= 15 is 0 Å². The molecule has 1 rings (SSSR count). The number of carbonyl (C=O) groups excluding carboxylic acids is 1. The third-order valence-electron chi connectivity index (χ3n) is 3.19. The first kappa shape index (κ1) is 16.0. The Morgan fingerprint density at radius 3 is 2.40 bits per heavy atom. The van der Waals surface area contributed by atoms with Crippen LogP contribution in [0, 0.1) is 0 Å². The largest absolute Gasteiger partial charge is 0.481 e. The van der Waals surface area contributed by atoms with E-state index in [9.17, 15) is 9.59 Å². The van der Waals surface area contributed by atoms with Crippen molar-refractivity contribution in [3.63, 3.8) is 0 Å². The van der Waals surface area contributed by atoms with Crippen molar-refractivity contribution >= 4 is 12.0 Å². The third kappa shape index (κ3) is 5.30. The SMILES string of the molecule is CCc1ccccc1CNC(=O)NC(CC)CC(=O)O. The second kappa shape index (κ2) is 8.19. The first-order chi connectivity index (χ1) is 9.56. The zero-order chi connectivity index (χ0) is 15.0. The molecular weight excluding hydrogens is 256 g/mol. The molecule has 2 amide bonds. The maximum atomic E-state index is 11.8. The second-order valence-electron chi connectivity index (χ2n) is 4.65. The number of nitrogens with one attached hydrogen (secondary N) is 2. The molecule has 0 aliphatic rings. The number of carboxylic acids is 1. The first-order valence-electron chi connectivity index (χ1n) is 6.89. The van der Waals surface area contributed by atoms with E-state index in [0.29, 0.717) is 13.0 Å². The number of rotatable bonds is 7. The van der Waals surface area contributed by atoms with Gasteiger partial charge in [0, 0.05) is 12.6 Å². The molecule has 1 aromatic carbocycles. The summed E-state index contributed by atoms with van der Waals surface area (Å²) in [5, 5.41) is 14.2. The summed E-state index contributed by atoms with van der Waals surface area (Å²) >= 11 is 0. The van der Waals surface area contributed by atoms with E-state index in [-0.39, 0.29) is 18.5 Å². The van der Waals surface area contributed by atoms with Crippen LogP contribution in [0.2, 0.25) is 0 Å². The Hall–Kier alpha value is -2.04. The molecule has 5 nitrogen and oxygen atoms in total. The number of hydrogen-bond donors (Lipinski definition) is 3. The molecular formula is C15H22N2O3. The van der Waals surface area contributed by atoms with E-state index < -0.39 is 5.97 Å². The summed E-state index contributed by atoms with van der Waals surface area (Å²) < 4.78 is 0.